The highest BCUT2D eigenvalue weighted by Gasteiger charge is 2.20. The van der Waals surface area contributed by atoms with Crippen molar-refractivity contribution in [1.82, 2.24) is 15.6 Å². The lowest BCUT2D eigenvalue weighted by molar-refractivity contribution is 0.0531. The molecule has 0 aliphatic heterocycles. The van der Waals surface area contributed by atoms with E-state index in [1.807, 2.05) is 45.0 Å². The van der Waals surface area contributed by atoms with Crippen LogP contribution in [0, 0.1) is 6.92 Å². The van der Waals surface area contributed by atoms with Gasteiger partial charge in [-0.2, -0.15) is 0 Å². The number of rotatable bonds is 10. The standard InChI is InChI=1S/C22H30N4O3S/c1-6-13-29-18-12-10-9-11-17(18)14-24-22(23-7-2)26-16(5)20-25-15(4)19(30-20)21(27)28-8-3/h6,9-12,16H,1,7-8,13-14H2,2-5H3,(H2,23,24,26). The predicted octanol–water partition coefficient (Wildman–Crippen LogP) is 4.01. The second-order valence-corrected chi connectivity index (χ2v) is 7.49. The smallest absolute Gasteiger partial charge is 0.350 e. The van der Waals surface area contributed by atoms with Crippen molar-refractivity contribution in [3.05, 3.63) is 58.1 Å². The fourth-order valence-corrected chi connectivity index (χ4v) is 3.63. The number of nitrogens with one attached hydrogen (secondary N) is 2. The first-order chi connectivity index (χ1) is 14.5. The summed E-state index contributed by atoms with van der Waals surface area (Å²) in [4.78, 5) is 21.8. The molecule has 0 saturated heterocycles. The molecule has 0 radical (unpaired) electrons. The van der Waals surface area contributed by atoms with Crippen LogP contribution in [0.1, 0.15) is 52.7 Å². The maximum atomic E-state index is 12.1. The molecule has 2 aromatic rings. The summed E-state index contributed by atoms with van der Waals surface area (Å²) in [5.41, 5.74) is 1.66. The third kappa shape index (κ3) is 6.59. The molecule has 0 spiro atoms. The van der Waals surface area contributed by atoms with Gasteiger partial charge >= 0.3 is 5.97 Å². The minimum absolute atomic E-state index is 0.123. The van der Waals surface area contributed by atoms with Crippen molar-refractivity contribution in [2.75, 3.05) is 19.8 Å². The molecule has 1 atom stereocenters. The molecular formula is C22H30N4O3S. The average molecular weight is 431 g/mol. The van der Waals surface area contributed by atoms with Crippen molar-refractivity contribution in [3.63, 3.8) is 0 Å². The van der Waals surface area contributed by atoms with Crippen molar-refractivity contribution in [2.45, 2.75) is 40.3 Å². The van der Waals surface area contributed by atoms with Gasteiger partial charge in [-0.15, -0.1) is 11.3 Å². The molecular weight excluding hydrogens is 400 g/mol. The van der Waals surface area contributed by atoms with E-state index in [9.17, 15) is 4.79 Å². The number of esters is 1. The van der Waals surface area contributed by atoms with Crippen LogP contribution in [0.15, 0.2) is 41.9 Å². The number of ether oxygens (including phenoxy) is 2. The topological polar surface area (TPSA) is 84.8 Å². The molecule has 8 heteroatoms. The first-order valence-electron chi connectivity index (χ1n) is 10.0. The Balaban J connectivity index is 2.13. The van der Waals surface area contributed by atoms with Gasteiger partial charge in [0.15, 0.2) is 5.96 Å². The fourth-order valence-electron chi connectivity index (χ4n) is 2.66. The van der Waals surface area contributed by atoms with E-state index < -0.39 is 0 Å². The molecule has 2 rings (SSSR count). The van der Waals surface area contributed by atoms with E-state index in [2.05, 4.69) is 27.2 Å². The van der Waals surface area contributed by atoms with Crippen LogP contribution in [-0.2, 0) is 11.3 Å². The maximum absolute atomic E-state index is 12.1. The van der Waals surface area contributed by atoms with Crippen LogP contribution in [0.4, 0.5) is 0 Å². The quantitative estimate of drug-likeness (QED) is 0.256. The van der Waals surface area contributed by atoms with Gasteiger partial charge in [0.25, 0.3) is 0 Å². The van der Waals surface area contributed by atoms with Crippen molar-refractivity contribution in [3.8, 4) is 5.75 Å². The fraction of sp³-hybridized carbons (Fsp3) is 0.409. The first-order valence-corrected chi connectivity index (χ1v) is 10.8. The van der Waals surface area contributed by atoms with Gasteiger partial charge in [-0.25, -0.2) is 14.8 Å². The van der Waals surface area contributed by atoms with Gasteiger partial charge in [-0.05, 0) is 33.8 Å². The van der Waals surface area contributed by atoms with Crippen molar-refractivity contribution in [1.29, 1.82) is 0 Å². The Morgan fingerprint density at radius 2 is 2.13 bits per heavy atom. The van der Waals surface area contributed by atoms with Gasteiger partial charge in [0.2, 0.25) is 0 Å². The van der Waals surface area contributed by atoms with Crippen LogP contribution in [0.3, 0.4) is 0 Å². The number of thiazole rings is 1. The monoisotopic (exact) mass is 430 g/mol. The van der Waals surface area contributed by atoms with E-state index in [1.54, 1.807) is 13.0 Å². The molecule has 1 heterocycles. The van der Waals surface area contributed by atoms with Crippen LogP contribution < -0.4 is 15.4 Å². The summed E-state index contributed by atoms with van der Waals surface area (Å²) in [5.74, 6) is 1.12. The van der Waals surface area contributed by atoms with Gasteiger partial charge in [0.1, 0.15) is 22.2 Å². The lowest BCUT2D eigenvalue weighted by Crippen LogP contribution is -2.38. The SMILES string of the molecule is C=CCOc1ccccc1CN=C(NCC)NC(C)c1nc(C)c(C(=O)OCC)s1. The summed E-state index contributed by atoms with van der Waals surface area (Å²) in [5, 5.41) is 7.41. The van der Waals surface area contributed by atoms with E-state index in [4.69, 9.17) is 9.47 Å². The Morgan fingerprint density at radius 3 is 2.83 bits per heavy atom. The third-order valence-electron chi connectivity index (χ3n) is 4.08. The highest BCUT2D eigenvalue weighted by Crippen LogP contribution is 2.24. The summed E-state index contributed by atoms with van der Waals surface area (Å²) in [6.45, 7) is 13.3. The number of carbonyl (C=O) groups is 1. The Labute approximate surface area is 182 Å². The highest BCUT2D eigenvalue weighted by atomic mass is 32.1. The summed E-state index contributed by atoms with van der Waals surface area (Å²) >= 11 is 1.34. The zero-order chi connectivity index (χ0) is 21.9. The summed E-state index contributed by atoms with van der Waals surface area (Å²) < 4.78 is 10.8. The normalized spacial score (nSPS) is 12.2. The second kappa shape index (κ2) is 12.0. The molecule has 2 N–H and O–H groups in total. The molecule has 162 valence electrons. The molecule has 0 bridgehead atoms. The van der Waals surface area contributed by atoms with E-state index in [0.717, 1.165) is 22.9 Å². The lowest BCUT2D eigenvalue weighted by atomic mass is 10.2. The minimum atomic E-state index is -0.331. The van der Waals surface area contributed by atoms with E-state index >= 15 is 0 Å². The number of benzene rings is 1. The molecule has 0 saturated carbocycles. The van der Waals surface area contributed by atoms with E-state index in [-0.39, 0.29) is 12.0 Å². The maximum Gasteiger partial charge on any atom is 0.350 e. The number of hydrogen-bond donors (Lipinski definition) is 2. The predicted molar refractivity (Wildman–Crippen MR) is 121 cm³/mol. The molecule has 0 fully saturated rings. The number of nitrogens with zero attached hydrogens (tertiary/aromatic N) is 2. The number of para-hydroxylation sites is 1. The Hall–Kier alpha value is -2.87. The number of carbonyl (C=O) groups excluding carboxylic acids is 1. The average Bonchev–Trinajstić information content (AvgIpc) is 3.13. The zero-order valence-corrected chi connectivity index (χ0v) is 18.8. The Bertz CT molecular complexity index is 879. The molecule has 7 nitrogen and oxygen atoms in total. The van der Waals surface area contributed by atoms with Gasteiger partial charge in [-0.1, -0.05) is 30.9 Å². The van der Waals surface area contributed by atoms with E-state index in [1.165, 1.54) is 11.3 Å². The van der Waals surface area contributed by atoms with Crippen LogP contribution in [0.5, 0.6) is 5.75 Å². The van der Waals surface area contributed by atoms with Crippen LogP contribution >= 0.6 is 11.3 Å². The zero-order valence-electron chi connectivity index (χ0n) is 18.0. The molecule has 0 aliphatic rings. The van der Waals surface area contributed by atoms with Gasteiger partial charge in [0.05, 0.1) is 24.9 Å². The molecule has 30 heavy (non-hydrogen) atoms. The van der Waals surface area contributed by atoms with Gasteiger partial charge in [-0.3, -0.25) is 0 Å². The van der Waals surface area contributed by atoms with Crippen molar-refractivity contribution >= 4 is 23.3 Å². The summed E-state index contributed by atoms with van der Waals surface area (Å²) in [6, 6.07) is 7.69. The van der Waals surface area contributed by atoms with Gasteiger partial charge < -0.3 is 20.1 Å². The minimum Gasteiger partial charge on any atom is -0.489 e. The first kappa shape index (κ1) is 23.4. The number of aromatic nitrogens is 1. The lowest BCUT2D eigenvalue weighted by Gasteiger charge is -2.16. The summed E-state index contributed by atoms with van der Waals surface area (Å²) in [6.07, 6.45) is 1.72. The Kier molecular flexibility index (Phi) is 9.34. The number of guanidine groups is 1. The molecule has 1 unspecified atom stereocenters. The van der Waals surface area contributed by atoms with Crippen LogP contribution in [0.25, 0.3) is 0 Å². The largest absolute Gasteiger partial charge is 0.489 e. The number of aliphatic imine (C=N–C) groups is 1. The third-order valence-corrected chi connectivity index (χ3v) is 5.40. The molecule has 1 aromatic heterocycles. The van der Waals surface area contributed by atoms with Gasteiger partial charge in [0, 0.05) is 12.1 Å². The molecule has 0 aliphatic carbocycles. The summed E-state index contributed by atoms with van der Waals surface area (Å²) in [7, 11) is 0. The van der Waals surface area contributed by atoms with E-state index in [0.29, 0.717) is 36.3 Å². The number of aryl methyl sites for hydroxylation is 1. The van der Waals surface area contributed by atoms with Crippen molar-refractivity contribution < 1.29 is 14.3 Å². The highest BCUT2D eigenvalue weighted by molar-refractivity contribution is 7.13. The number of hydrogen-bond acceptors (Lipinski definition) is 6. The molecule has 1 aromatic carbocycles. The second-order valence-electron chi connectivity index (χ2n) is 6.46. The van der Waals surface area contributed by atoms with Crippen LogP contribution in [0.2, 0.25) is 0 Å². The Morgan fingerprint density at radius 1 is 1.37 bits per heavy atom. The molecule has 0 amide bonds. The van der Waals surface area contributed by atoms with Crippen molar-refractivity contribution in [2.24, 2.45) is 4.99 Å². The van der Waals surface area contributed by atoms with Crippen LogP contribution in [-0.4, -0.2) is 36.7 Å².